The van der Waals surface area contributed by atoms with E-state index < -0.39 is 5.97 Å². The van der Waals surface area contributed by atoms with Crippen LogP contribution in [0.1, 0.15) is 18.4 Å². The predicted molar refractivity (Wildman–Crippen MR) is 136 cm³/mol. The van der Waals surface area contributed by atoms with Crippen LogP contribution in [0.2, 0.25) is 0 Å². The molecule has 0 spiro atoms. The number of carbonyl (C=O) groups is 1. The third-order valence-electron chi connectivity index (χ3n) is 7.10. The molecule has 0 unspecified atom stereocenters. The fourth-order valence-electron chi connectivity index (χ4n) is 5.14. The molecule has 2 aromatic carbocycles. The van der Waals surface area contributed by atoms with Crippen molar-refractivity contribution in [3.63, 3.8) is 0 Å². The highest BCUT2D eigenvalue weighted by atomic mass is 19.1. The number of fused-ring (bicyclic) bond motifs is 2. The van der Waals surface area contributed by atoms with Crippen molar-refractivity contribution in [2.75, 3.05) is 18.0 Å². The maximum absolute atomic E-state index is 14.7. The highest BCUT2D eigenvalue weighted by Gasteiger charge is 2.25. The molecule has 9 heteroatoms. The normalized spacial score (nSPS) is 14.7. The molecule has 1 fully saturated rings. The minimum atomic E-state index is -0.733. The smallest absolute Gasteiger partial charge is 0.306 e. The van der Waals surface area contributed by atoms with Crippen LogP contribution in [0.5, 0.6) is 0 Å². The second kappa shape index (κ2) is 8.44. The molecule has 1 N–H and O–H groups in total. The number of benzene rings is 2. The second-order valence-electron chi connectivity index (χ2n) is 9.34. The van der Waals surface area contributed by atoms with Gasteiger partial charge in [-0.3, -0.25) is 9.48 Å². The minimum Gasteiger partial charge on any atom is -0.481 e. The van der Waals surface area contributed by atoms with Crippen LogP contribution < -0.4 is 4.90 Å². The summed E-state index contributed by atoms with van der Waals surface area (Å²) >= 11 is 0. The maximum Gasteiger partial charge on any atom is 0.306 e. The largest absolute Gasteiger partial charge is 0.481 e. The van der Waals surface area contributed by atoms with Gasteiger partial charge < -0.3 is 10.0 Å². The number of pyridine rings is 1. The van der Waals surface area contributed by atoms with Crippen LogP contribution in [0.3, 0.4) is 0 Å². The van der Waals surface area contributed by atoms with Crippen LogP contribution >= 0.6 is 0 Å². The van der Waals surface area contributed by atoms with Gasteiger partial charge in [0.2, 0.25) is 0 Å². The van der Waals surface area contributed by atoms with Crippen molar-refractivity contribution >= 4 is 33.6 Å². The third kappa shape index (κ3) is 3.59. The Morgan fingerprint density at radius 2 is 1.86 bits per heavy atom. The van der Waals surface area contributed by atoms with E-state index in [0.717, 1.165) is 39.1 Å². The van der Waals surface area contributed by atoms with E-state index in [1.54, 1.807) is 28.6 Å². The molecule has 5 aromatic rings. The van der Waals surface area contributed by atoms with E-state index in [2.05, 4.69) is 15.0 Å². The van der Waals surface area contributed by atoms with E-state index >= 15 is 0 Å². The maximum atomic E-state index is 14.7. The highest BCUT2D eigenvalue weighted by molar-refractivity contribution is 6.03. The summed E-state index contributed by atoms with van der Waals surface area (Å²) in [4.78, 5) is 18.0. The molecule has 0 aliphatic carbocycles. The summed E-state index contributed by atoms with van der Waals surface area (Å²) in [5.74, 6) is -0.525. The summed E-state index contributed by atoms with van der Waals surface area (Å²) in [7, 11) is 1.89. The lowest BCUT2D eigenvalue weighted by atomic mass is 9.97. The fraction of sp³-hybridized carbons (Fsp3) is 0.259. The van der Waals surface area contributed by atoms with Gasteiger partial charge in [-0.25, -0.2) is 14.1 Å². The molecular formula is C27H25FN6O2. The first-order chi connectivity index (χ1) is 17.4. The van der Waals surface area contributed by atoms with E-state index in [9.17, 15) is 14.3 Å². The van der Waals surface area contributed by atoms with Gasteiger partial charge in [0.1, 0.15) is 17.3 Å². The molecule has 8 nitrogen and oxygen atoms in total. The summed E-state index contributed by atoms with van der Waals surface area (Å²) in [6.45, 7) is 3.06. The van der Waals surface area contributed by atoms with Crippen LogP contribution in [0.15, 0.2) is 54.9 Å². The molecule has 4 heterocycles. The molecule has 1 aliphatic heterocycles. The first-order valence-corrected chi connectivity index (χ1v) is 12.0. The zero-order valence-electron chi connectivity index (χ0n) is 20.0. The van der Waals surface area contributed by atoms with Gasteiger partial charge in [-0.2, -0.15) is 10.2 Å². The summed E-state index contributed by atoms with van der Waals surface area (Å²) in [6.07, 6.45) is 4.91. The van der Waals surface area contributed by atoms with E-state index in [-0.39, 0.29) is 11.7 Å². The van der Waals surface area contributed by atoms with Crippen molar-refractivity contribution in [2.45, 2.75) is 19.8 Å². The standard InChI is InChI=1S/C27H25FN6O2/c1-16-22(28)8-7-20-25(19-4-3-5-23-21(19)15-32(2)30-23)31-34(26(16)20)18-6-9-24(29-14-18)33-12-10-17(11-13-33)27(35)36/h3-9,14-15,17H,10-13H2,1-2H3,(H,35,36). The van der Waals surface area contributed by atoms with Crippen LogP contribution in [-0.2, 0) is 11.8 Å². The number of carboxylic acids is 1. The SMILES string of the molecule is Cc1c(F)ccc2c(-c3cccc4nn(C)cc34)nn(-c3ccc(N4CCC(C(=O)O)CC4)nc3)c12. The zero-order chi connectivity index (χ0) is 25.0. The Balaban J connectivity index is 1.43. The van der Waals surface area contributed by atoms with Gasteiger partial charge in [0.15, 0.2) is 0 Å². The number of rotatable bonds is 4. The lowest BCUT2D eigenvalue weighted by Crippen LogP contribution is -2.36. The molecule has 0 bridgehead atoms. The molecule has 1 aliphatic rings. The number of halogens is 1. The number of anilines is 1. The molecule has 0 amide bonds. The number of aliphatic carboxylic acids is 1. The average molecular weight is 485 g/mol. The lowest BCUT2D eigenvalue weighted by Gasteiger charge is -2.31. The van der Waals surface area contributed by atoms with Crippen molar-refractivity contribution in [1.82, 2.24) is 24.5 Å². The van der Waals surface area contributed by atoms with Crippen LogP contribution in [-0.4, -0.2) is 48.7 Å². The molecule has 182 valence electrons. The number of aromatic nitrogens is 5. The topological polar surface area (TPSA) is 89.1 Å². The number of aryl methyl sites for hydroxylation is 2. The van der Waals surface area contributed by atoms with Gasteiger partial charge in [-0.1, -0.05) is 12.1 Å². The fourth-order valence-corrected chi connectivity index (χ4v) is 5.14. The van der Waals surface area contributed by atoms with Gasteiger partial charge >= 0.3 is 5.97 Å². The van der Waals surface area contributed by atoms with Crippen molar-refractivity contribution in [1.29, 1.82) is 0 Å². The second-order valence-corrected chi connectivity index (χ2v) is 9.34. The molecular weight excluding hydrogens is 459 g/mol. The predicted octanol–water partition coefficient (Wildman–Crippen LogP) is 4.72. The Morgan fingerprint density at radius 1 is 1.06 bits per heavy atom. The van der Waals surface area contributed by atoms with E-state index in [0.29, 0.717) is 37.0 Å². The Kier molecular flexibility index (Phi) is 5.21. The first-order valence-electron chi connectivity index (χ1n) is 12.0. The van der Waals surface area contributed by atoms with E-state index in [4.69, 9.17) is 5.10 Å². The van der Waals surface area contributed by atoms with Crippen molar-refractivity contribution < 1.29 is 14.3 Å². The van der Waals surface area contributed by atoms with Crippen molar-refractivity contribution in [3.05, 3.63) is 66.2 Å². The average Bonchev–Trinajstić information content (AvgIpc) is 3.46. The first kappa shape index (κ1) is 22.2. The quantitative estimate of drug-likeness (QED) is 0.397. The zero-order valence-corrected chi connectivity index (χ0v) is 20.0. The van der Waals surface area contributed by atoms with Gasteiger partial charge in [0.05, 0.1) is 28.8 Å². The summed E-state index contributed by atoms with van der Waals surface area (Å²) in [5.41, 5.74) is 4.50. The number of hydrogen-bond acceptors (Lipinski definition) is 5. The summed E-state index contributed by atoms with van der Waals surface area (Å²) in [6, 6.07) is 13.0. The van der Waals surface area contributed by atoms with E-state index in [1.165, 1.54) is 6.07 Å². The Labute approximate surface area is 206 Å². The number of piperidine rings is 1. The minimum absolute atomic E-state index is 0.291. The van der Waals surface area contributed by atoms with Crippen LogP contribution in [0.25, 0.3) is 38.8 Å². The van der Waals surface area contributed by atoms with E-state index in [1.807, 2.05) is 43.6 Å². The number of carboxylic acid groups (broad SMARTS) is 1. The number of hydrogen-bond donors (Lipinski definition) is 1. The molecule has 1 saturated heterocycles. The lowest BCUT2D eigenvalue weighted by molar-refractivity contribution is -0.142. The molecule has 0 atom stereocenters. The third-order valence-corrected chi connectivity index (χ3v) is 7.10. The van der Waals surface area contributed by atoms with Crippen LogP contribution in [0, 0.1) is 18.7 Å². The summed E-state index contributed by atoms with van der Waals surface area (Å²) in [5, 5.41) is 20.6. The highest BCUT2D eigenvalue weighted by Crippen LogP contribution is 2.36. The Morgan fingerprint density at radius 3 is 2.58 bits per heavy atom. The van der Waals surface area contributed by atoms with Gasteiger partial charge in [0, 0.05) is 48.2 Å². The monoisotopic (exact) mass is 484 g/mol. The van der Waals surface area contributed by atoms with Crippen molar-refractivity contribution in [3.8, 4) is 16.9 Å². The van der Waals surface area contributed by atoms with Crippen molar-refractivity contribution in [2.24, 2.45) is 13.0 Å². The molecule has 36 heavy (non-hydrogen) atoms. The van der Waals surface area contributed by atoms with Gasteiger partial charge in [-0.05, 0) is 50.1 Å². The summed E-state index contributed by atoms with van der Waals surface area (Å²) < 4.78 is 18.2. The molecule has 0 radical (unpaired) electrons. The Bertz CT molecular complexity index is 1610. The van der Waals surface area contributed by atoms with Gasteiger partial charge in [-0.15, -0.1) is 0 Å². The van der Waals surface area contributed by atoms with Crippen LogP contribution in [0.4, 0.5) is 10.2 Å². The molecule has 3 aromatic heterocycles. The Hall–Kier alpha value is -4.27. The molecule has 6 rings (SSSR count). The number of nitrogens with zero attached hydrogens (tertiary/aromatic N) is 6. The van der Waals surface area contributed by atoms with Gasteiger partial charge in [0.25, 0.3) is 0 Å². The molecule has 0 saturated carbocycles.